The molecule has 0 heterocycles. The van der Waals surface area contributed by atoms with E-state index in [0.29, 0.717) is 22.8 Å². The van der Waals surface area contributed by atoms with E-state index in [1.54, 1.807) is 66.7 Å². The van der Waals surface area contributed by atoms with Crippen molar-refractivity contribution in [2.75, 3.05) is 16.9 Å². The molecule has 0 saturated heterocycles. The molecule has 0 unspecified atom stereocenters. The number of nitrogens with one attached hydrogen (secondary N) is 3. The molecule has 0 saturated carbocycles. The molecule has 4 aromatic rings. The first-order valence-corrected chi connectivity index (χ1v) is 13.9. The summed E-state index contributed by atoms with van der Waals surface area (Å²) < 4.78 is 66.0. The van der Waals surface area contributed by atoms with Gasteiger partial charge in [-0.05, 0) is 35.4 Å². The number of amides is 3. The molecule has 1 atom stereocenters. The Morgan fingerprint density at radius 3 is 2.10 bits per heavy atom. The second kappa shape index (κ2) is 12.0. The molecule has 4 rings (SSSR count). The Balaban J connectivity index is 1.59. The summed E-state index contributed by atoms with van der Waals surface area (Å²) in [7, 11) is -3.70. The highest BCUT2D eigenvalue weighted by Crippen LogP contribution is 2.30. The number of sulfone groups is 1. The van der Waals surface area contributed by atoms with Crippen LogP contribution < -0.4 is 16.0 Å². The van der Waals surface area contributed by atoms with Gasteiger partial charge in [-0.2, -0.15) is 0 Å². The van der Waals surface area contributed by atoms with Crippen LogP contribution in [0.4, 0.5) is 29.3 Å². The van der Waals surface area contributed by atoms with Gasteiger partial charge in [0.25, 0.3) is 0 Å². The van der Waals surface area contributed by atoms with Gasteiger partial charge in [-0.15, -0.1) is 0 Å². The Morgan fingerprint density at radius 2 is 1.45 bits per heavy atom. The van der Waals surface area contributed by atoms with Gasteiger partial charge in [0.05, 0.1) is 10.6 Å². The Kier molecular flexibility index (Phi) is 8.54. The zero-order valence-electron chi connectivity index (χ0n) is 21.1. The highest BCUT2D eigenvalue weighted by atomic mass is 32.2. The average molecular weight is 568 g/mol. The summed E-state index contributed by atoms with van der Waals surface area (Å²) in [5.74, 6) is -5.46. The van der Waals surface area contributed by atoms with Crippen LogP contribution in [0.15, 0.2) is 95.9 Å². The topological polar surface area (TPSA) is 104 Å². The van der Waals surface area contributed by atoms with Gasteiger partial charge in [-0.25, -0.2) is 26.4 Å². The van der Waals surface area contributed by atoms with Gasteiger partial charge < -0.3 is 16.0 Å². The predicted octanol–water partition coefficient (Wildman–Crippen LogP) is 5.55. The third-order valence-corrected chi connectivity index (χ3v) is 7.06. The summed E-state index contributed by atoms with van der Waals surface area (Å²) in [6.45, 7) is 0. The monoisotopic (exact) mass is 567 g/mol. The van der Waals surface area contributed by atoms with E-state index in [2.05, 4.69) is 16.0 Å². The lowest BCUT2D eigenvalue weighted by atomic mass is 10.0. The van der Waals surface area contributed by atoms with E-state index >= 15 is 0 Å². The maximum absolute atomic E-state index is 14.1. The fraction of sp³-hybridized carbons (Fsp3) is 0.103. The number of hydrogen-bond donors (Lipinski definition) is 3. The van der Waals surface area contributed by atoms with E-state index in [4.69, 9.17) is 0 Å². The Morgan fingerprint density at radius 1 is 0.800 bits per heavy atom. The molecular formula is C29H24F3N3O4S. The van der Waals surface area contributed by atoms with Crippen LogP contribution in [-0.4, -0.2) is 32.7 Å². The number of carbonyl (C=O) groups excluding carboxylic acids is 2. The third-order valence-electron chi connectivity index (χ3n) is 5.92. The van der Waals surface area contributed by atoms with E-state index in [0.717, 1.165) is 12.3 Å². The van der Waals surface area contributed by atoms with Gasteiger partial charge in [-0.3, -0.25) is 4.79 Å². The van der Waals surface area contributed by atoms with Crippen LogP contribution in [0.25, 0.3) is 11.1 Å². The predicted molar refractivity (Wildman–Crippen MR) is 146 cm³/mol. The fourth-order valence-corrected chi connectivity index (χ4v) is 4.92. The summed E-state index contributed by atoms with van der Waals surface area (Å²) in [4.78, 5) is 25.9. The molecule has 0 spiro atoms. The maximum atomic E-state index is 14.1. The van der Waals surface area contributed by atoms with Crippen molar-refractivity contribution in [1.82, 2.24) is 5.32 Å². The first kappa shape index (κ1) is 28.4. The quantitative estimate of drug-likeness (QED) is 0.243. The molecule has 3 N–H and O–H groups in total. The minimum Gasteiger partial charge on any atom is -0.326 e. The first-order valence-electron chi connectivity index (χ1n) is 12.0. The van der Waals surface area contributed by atoms with Gasteiger partial charge >= 0.3 is 6.03 Å². The number of anilines is 2. The molecule has 0 aliphatic heterocycles. The number of benzene rings is 4. The summed E-state index contributed by atoms with van der Waals surface area (Å²) in [6.07, 6.45) is 1.07. The number of rotatable bonds is 8. The Bertz CT molecular complexity index is 1650. The number of urea groups is 1. The average Bonchev–Trinajstić information content (AvgIpc) is 2.93. The highest BCUT2D eigenvalue weighted by Gasteiger charge is 2.24. The second-order valence-electron chi connectivity index (χ2n) is 8.90. The van der Waals surface area contributed by atoms with Crippen molar-refractivity contribution in [3.8, 4) is 11.1 Å². The molecule has 0 bridgehead atoms. The minimum absolute atomic E-state index is 0.00405. The zero-order valence-corrected chi connectivity index (χ0v) is 21.9. The first-order chi connectivity index (χ1) is 19.0. The van der Waals surface area contributed by atoms with Crippen molar-refractivity contribution in [1.29, 1.82) is 0 Å². The molecule has 206 valence electrons. The van der Waals surface area contributed by atoms with Crippen LogP contribution >= 0.6 is 0 Å². The van der Waals surface area contributed by atoms with Gasteiger partial charge in [-0.1, -0.05) is 66.7 Å². The van der Waals surface area contributed by atoms with Gasteiger partial charge in [0.15, 0.2) is 27.3 Å². The SMILES string of the molecule is CS(=O)(=O)c1cc(NC(=O)[C@@H](Cc2ccccc2)NC(=O)Nc2ccc(F)c(F)c2F)ccc1-c1ccccc1. The fourth-order valence-electron chi connectivity index (χ4n) is 3.99. The molecule has 40 heavy (non-hydrogen) atoms. The van der Waals surface area contributed by atoms with Crippen LogP contribution in [0, 0.1) is 17.5 Å². The Labute approximate surface area is 229 Å². The highest BCUT2D eigenvalue weighted by molar-refractivity contribution is 7.90. The van der Waals surface area contributed by atoms with Crippen molar-refractivity contribution in [2.24, 2.45) is 0 Å². The van der Waals surface area contributed by atoms with Crippen LogP contribution in [-0.2, 0) is 21.1 Å². The van der Waals surface area contributed by atoms with Gasteiger partial charge in [0.1, 0.15) is 6.04 Å². The minimum atomic E-state index is -3.70. The van der Waals surface area contributed by atoms with Crippen molar-refractivity contribution in [3.63, 3.8) is 0 Å². The Hall–Kier alpha value is -4.64. The van der Waals surface area contributed by atoms with Crippen molar-refractivity contribution >= 4 is 33.2 Å². The molecule has 4 aromatic carbocycles. The normalized spacial score (nSPS) is 11.9. The molecule has 0 aliphatic carbocycles. The number of carbonyl (C=O) groups is 2. The molecule has 11 heteroatoms. The molecular weight excluding hydrogens is 543 g/mol. The summed E-state index contributed by atoms with van der Waals surface area (Å²) in [6, 6.07) is 21.2. The lowest BCUT2D eigenvalue weighted by molar-refractivity contribution is -0.117. The standard InChI is InChI=1S/C29H24F3N3O4S/c1-40(38,39)25-17-20(12-13-21(25)19-10-6-3-7-11-19)33-28(36)24(16-18-8-4-2-5-9-18)35-29(37)34-23-15-14-22(30)26(31)27(23)32/h2-15,17,24H,16H2,1H3,(H,33,36)(H2,34,35,37)/t24-/m1/s1. The van der Waals surface area contributed by atoms with Crippen LogP contribution in [0.1, 0.15) is 5.56 Å². The van der Waals surface area contributed by atoms with Gasteiger partial charge in [0, 0.05) is 23.9 Å². The number of halogens is 3. The van der Waals surface area contributed by atoms with Gasteiger partial charge in [0.2, 0.25) is 5.91 Å². The molecule has 7 nitrogen and oxygen atoms in total. The maximum Gasteiger partial charge on any atom is 0.319 e. The smallest absolute Gasteiger partial charge is 0.319 e. The largest absolute Gasteiger partial charge is 0.326 e. The summed E-state index contributed by atoms with van der Waals surface area (Å²) >= 11 is 0. The van der Waals surface area contributed by atoms with E-state index in [-0.39, 0.29) is 17.0 Å². The van der Waals surface area contributed by atoms with E-state index in [1.807, 2.05) is 0 Å². The molecule has 0 aliphatic rings. The van der Waals surface area contributed by atoms with Crippen molar-refractivity contribution in [2.45, 2.75) is 17.4 Å². The zero-order chi connectivity index (χ0) is 28.9. The third kappa shape index (κ3) is 6.86. The van der Waals surface area contributed by atoms with Crippen molar-refractivity contribution < 1.29 is 31.2 Å². The van der Waals surface area contributed by atoms with E-state index in [1.165, 1.54) is 12.1 Å². The number of hydrogen-bond acceptors (Lipinski definition) is 4. The van der Waals surface area contributed by atoms with Crippen LogP contribution in [0.2, 0.25) is 0 Å². The second-order valence-corrected chi connectivity index (χ2v) is 10.9. The summed E-state index contributed by atoms with van der Waals surface area (Å²) in [5, 5.41) is 7.11. The van der Waals surface area contributed by atoms with Crippen molar-refractivity contribution in [3.05, 3.63) is 114 Å². The lowest BCUT2D eigenvalue weighted by Gasteiger charge is -2.20. The lowest BCUT2D eigenvalue weighted by Crippen LogP contribution is -2.47. The molecule has 0 radical (unpaired) electrons. The summed E-state index contributed by atoms with van der Waals surface area (Å²) in [5.41, 5.74) is 1.35. The van der Waals surface area contributed by atoms with Crippen LogP contribution in [0.5, 0.6) is 0 Å². The van der Waals surface area contributed by atoms with E-state index in [9.17, 15) is 31.2 Å². The van der Waals surface area contributed by atoms with E-state index < -0.39 is 51.0 Å². The molecule has 0 aromatic heterocycles. The molecule has 3 amide bonds. The molecule has 0 fully saturated rings. The van der Waals surface area contributed by atoms with Crippen LogP contribution in [0.3, 0.4) is 0 Å².